The third-order valence-electron chi connectivity index (χ3n) is 6.63. The standard InChI is InChI=1S/C23H32N4O2/c1-16(28)27-12-10-22-20(15-27)19-14-17(8-9-21(19)25-22)23(29)24-11-13-26(2)18-6-4-3-5-7-18/h8-9,14,18,25H,3-7,10-13,15H2,1-2H3,(H,24,29). The van der Waals surface area contributed by atoms with E-state index in [2.05, 4.69) is 22.2 Å². The van der Waals surface area contributed by atoms with Crippen molar-refractivity contribution in [3.63, 3.8) is 0 Å². The minimum Gasteiger partial charge on any atom is -0.358 e. The van der Waals surface area contributed by atoms with Gasteiger partial charge in [-0.15, -0.1) is 0 Å². The maximum absolute atomic E-state index is 12.7. The van der Waals surface area contributed by atoms with Crippen molar-refractivity contribution in [3.05, 3.63) is 35.0 Å². The first-order chi connectivity index (χ1) is 14.0. The molecule has 4 rings (SSSR count). The molecule has 0 bridgehead atoms. The van der Waals surface area contributed by atoms with Crippen LogP contribution in [0.3, 0.4) is 0 Å². The Labute approximate surface area is 172 Å². The van der Waals surface area contributed by atoms with Crippen molar-refractivity contribution in [2.24, 2.45) is 0 Å². The number of amides is 2. The monoisotopic (exact) mass is 396 g/mol. The van der Waals surface area contributed by atoms with Gasteiger partial charge in [0.15, 0.2) is 0 Å². The summed E-state index contributed by atoms with van der Waals surface area (Å²) in [7, 11) is 2.17. The Morgan fingerprint density at radius 3 is 2.79 bits per heavy atom. The zero-order chi connectivity index (χ0) is 20.4. The fraction of sp³-hybridized carbons (Fsp3) is 0.565. The van der Waals surface area contributed by atoms with E-state index in [0.29, 0.717) is 24.7 Å². The van der Waals surface area contributed by atoms with Gasteiger partial charge >= 0.3 is 0 Å². The van der Waals surface area contributed by atoms with E-state index in [0.717, 1.165) is 36.0 Å². The van der Waals surface area contributed by atoms with Gasteiger partial charge in [0.05, 0.1) is 0 Å². The van der Waals surface area contributed by atoms with Gasteiger partial charge in [-0.1, -0.05) is 19.3 Å². The molecule has 6 nitrogen and oxygen atoms in total. The number of fused-ring (bicyclic) bond motifs is 3. The second-order valence-electron chi connectivity index (χ2n) is 8.56. The number of rotatable bonds is 5. The molecule has 156 valence electrons. The predicted molar refractivity (Wildman–Crippen MR) is 115 cm³/mol. The molecule has 2 heterocycles. The molecule has 2 N–H and O–H groups in total. The fourth-order valence-corrected chi connectivity index (χ4v) is 4.78. The number of aromatic amines is 1. The highest BCUT2D eigenvalue weighted by molar-refractivity contribution is 5.99. The summed E-state index contributed by atoms with van der Waals surface area (Å²) in [4.78, 5) is 32.2. The van der Waals surface area contributed by atoms with Crippen LogP contribution in [0, 0.1) is 0 Å². The minimum atomic E-state index is -0.0295. The van der Waals surface area contributed by atoms with E-state index in [-0.39, 0.29) is 11.8 Å². The SMILES string of the molecule is CC(=O)N1CCc2[nH]c3ccc(C(=O)NCCN(C)C4CCCCC4)cc3c2C1. The lowest BCUT2D eigenvalue weighted by molar-refractivity contribution is -0.129. The molecular weight excluding hydrogens is 364 g/mol. The molecule has 1 aromatic carbocycles. The Morgan fingerprint density at radius 1 is 1.24 bits per heavy atom. The summed E-state index contributed by atoms with van der Waals surface area (Å²) in [5.74, 6) is 0.0686. The third-order valence-corrected chi connectivity index (χ3v) is 6.63. The van der Waals surface area contributed by atoms with E-state index >= 15 is 0 Å². The Morgan fingerprint density at radius 2 is 2.03 bits per heavy atom. The molecular formula is C23H32N4O2. The van der Waals surface area contributed by atoms with E-state index < -0.39 is 0 Å². The van der Waals surface area contributed by atoms with Gasteiger partial charge in [-0.2, -0.15) is 0 Å². The maximum atomic E-state index is 12.7. The lowest BCUT2D eigenvalue weighted by Gasteiger charge is -2.31. The maximum Gasteiger partial charge on any atom is 0.251 e. The first kappa shape index (κ1) is 20.0. The van der Waals surface area contributed by atoms with E-state index in [9.17, 15) is 9.59 Å². The smallest absolute Gasteiger partial charge is 0.251 e. The average Bonchev–Trinajstić information content (AvgIpc) is 3.11. The topological polar surface area (TPSA) is 68.4 Å². The fourth-order valence-electron chi connectivity index (χ4n) is 4.78. The largest absolute Gasteiger partial charge is 0.358 e. The van der Waals surface area contributed by atoms with Crippen LogP contribution in [-0.2, 0) is 17.8 Å². The molecule has 1 aromatic heterocycles. The van der Waals surface area contributed by atoms with Crippen LogP contribution in [-0.4, -0.2) is 59.3 Å². The molecule has 1 aliphatic heterocycles. The number of likely N-dealkylation sites (N-methyl/N-ethyl adjacent to an activating group) is 1. The lowest BCUT2D eigenvalue weighted by atomic mass is 9.94. The first-order valence-electron chi connectivity index (χ1n) is 10.9. The van der Waals surface area contributed by atoms with Crippen LogP contribution in [0.4, 0.5) is 0 Å². The molecule has 2 amide bonds. The van der Waals surface area contributed by atoms with E-state index in [1.807, 2.05) is 23.1 Å². The quantitative estimate of drug-likeness (QED) is 0.816. The van der Waals surface area contributed by atoms with Crippen molar-refractivity contribution in [3.8, 4) is 0 Å². The predicted octanol–water partition coefficient (Wildman–Crippen LogP) is 3.07. The van der Waals surface area contributed by atoms with Gasteiger partial charge in [-0.3, -0.25) is 9.59 Å². The van der Waals surface area contributed by atoms with Crippen LogP contribution in [0.15, 0.2) is 18.2 Å². The number of nitrogens with one attached hydrogen (secondary N) is 2. The van der Waals surface area contributed by atoms with Crippen LogP contribution >= 0.6 is 0 Å². The molecule has 0 atom stereocenters. The first-order valence-corrected chi connectivity index (χ1v) is 10.9. The second-order valence-corrected chi connectivity index (χ2v) is 8.56. The molecule has 1 fully saturated rings. The number of carbonyl (C=O) groups is 2. The molecule has 2 aromatic rings. The van der Waals surface area contributed by atoms with E-state index in [4.69, 9.17) is 0 Å². The highest BCUT2D eigenvalue weighted by atomic mass is 16.2. The molecule has 2 aliphatic rings. The number of nitrogens with zero attached hydrogens (tertiary/aromatic N) is 2. The Kier molecular flexibility index (Phi) is 5.90. The molecule has 6 heteroatoms. The van der Waals surface area contributed by atoms with E-state index in [1.165, 1.54) is 37.8 Å². The average molecular weight is 397 g/mol. The number of benzene rings is 1. The summed E-state index contributed by atoms with van der Waals surface area (Å²) in [6.07, 6.45) is 7.38. The van der Waals surface area contributed by atoms with Crippen molar-refractivity contribution in [1.29, 1.82) is 0 Å². The highest BCUT2D eigenvalue weighted by Gasteiger charge is 2.23. The third kappa shape index (κ3) is 4.32. The van der Waals surface area contributed by atoms with Gasteiger partial charge in [-0.25, -0.2) is 0 Å². The number of hydrogen-bond acceptors (Lipinski definition) is 3. The summed E-state index contributed by atoms with van der Waals surface area (Å²) in [5, 5.41) is 4.13. The van der Waals surface area contributed by atoms with Gasteiger partial charge < -0.3 is 20.1 Å². The van der Waals surface area contributed by atoms with Crippen LogP contribution < -0.4 is 5.32 Å². The van der Waals surface area contributed by atoms with Crippen LogP contribution in [0.1, 0.15) is 60.6 Å². The number of hydrogen-bond donors (Lipinski definition) is 2. The van der Waals surface area contributed by atoms with E-state index in [1.54, 1.807) is 6.92 Å². The molecule has 1 saturated carbocycles. The van der Waals surface area contributed by atoms with Crippen molar-refractivity contribution in [2.45, 2.75) is 58.0 Å². The normalized spacial score (nSPS) is 17.6. The lowest BCUT2D eigenvalue weighted by Crippen LogP contribution is -2.39. The number of aromatic nitrogens is 1. The molecule has 0 radical (unpaired) electrons. The van der Waals surface area contributed by atoms with Crippen molar-refractivity contribution in [1.82, 2.24) is 20.1 Å². The molecule has 0 saturated heterocycles. The number of H-pyrrole nitrogens is 1. The van der Waals surface area contributed by atoms with Gasteiger partial charge in [0.25, 0.3) is 5.91 Å². The van der Waals surface area contributed by atoms with Crippen molar-refractivity contribution < 1.29 is 9.59 Å². The zero-order valence-electron chi connectivity index (χ0n) is 17.6. The molecule has 0 unspecified atom stereocenters. The number of carbonyl (C=O) groups excluding carboxylic acids is 2. The Hall–Kier alpha value is -2.34. The van der Waals surface area contributed by atoms with Crippen LogP contribution in [0.2, 0.25) is 0 Å². The summed E-state index contributed by atoms with van der Waals surface area (Å²) in [6.45, 7) is 4.51. The van der Waals surface area contributed by atoms with Crippen LogP contribution in [0.25, 0.3) is 10.9 Å². The second kappa shape index (κ2) is 8.57. The Bertz CT molecular complexity index is 898. The van der Waals surface area contributed by atoms with Gasteiger partial charge in [0.2, 0.25) is 5.91 Å². The zero-order valence-corrected chi connectivity index (χ0v) is 17.6. The summed E-state index contributed by atoms with van der Waals surface area (Å²) < 4.78 is 0. The van der Waals surface area contributed by atoms with Gasteiger partial charge in [-0.05, 0) is 38.1 Å². The highest BCUT2D eigenvalue weighted by Crippen LogP contribution is 2.28. The van der Waals surface area contributed by atoms with Gasteiger partial charge in [0, 0.05) is 73.3 Å². The van der Waals surface area contributed by atoms with Gasteiger partial charge in [0.1, 0.15) is 0 Å². The summed E-state index contributed by atoms with van der Waals surface area (Å²) in [6, 6.07) is 6.49. The van der Waals surface area contributed by atoms with Crippen molar-refractivity contribution in [2.75, 3.05) is 26.7 Å². The molecule has 29 heavy (non-hydrogen) atoms. The summed E-state index contributed by atoms with van der Waals surface area (Å²) in [5.41, 5.74) is 4.05. The Balaban J connectivity index is 1.40. The summed E-state index contributed by atoms with van der Waals surface area (Å²) >= 11 is 0. The minimum absolute atomic E-state index is 0.0295. The van der Waals surface area contributed by atoms with Crippen molar-refractivity contribution >= 4 is 22.7 Å². The molecule has 0 spiro atoms. The molecule has 1 aliphatic carbocycles. The van der Waals surface area contributed by atoms with Crippen LogP contribution in [0.5, 0.6) is 0 Å².